The Kier molecular flexibility index (Phi) is 5.85. The van der Waals surface area contributed by atoms with Gasteiger partial charge in [-0.3, -0.25) is 0 Å². The van der Waals surface area contributed by atoms with E-state index in [2.05, 4.69) is 15.3 Å². The van der Waals surface area contributed by atoms with Gasteiger partial charge in [0.25, 0.3) is 0 Å². The molecule has 0 bridgehead atoms. The van der Waals surface area contributed by atoms with Gasteiger partial charge in [0.1, 0.15) is 5.15 Å². The third-order valence-corrected chi connectivity index (χ3v) is 3.22. The summed E-state index contributed by atoms with van der Waals surface area (Å²) in [6.07, 6.45) is 3.69. The van der Waals surface area contributed by atoms with Crippen molar-refractivity contribution in [3.05, 3.63) is 45.1 Å². The van der Waals surface area contributed by atoms with Gasteiger partial charge in [-0.2, -0.15) is 0 Å². The molecule has 2 aromatic rings. The summed E-state index contributed by atoms with van der Waals surface area (Å²) in [7, 11) is 0. The van der Waals surface area contributed by atoms with Crippen LogP contribution in [0.1, 0.15) is 15.4 Å². The molecule has 2 heterocycles. The molecule has 0 aliphatic carbocycles. The van der Waals surface area contributed by atoms with E-state index in [1.165, 1.54) is 4.88 Å². The number of rotatable bonds is 4. The van der Waals surface area contributed by atoms with Crippen molar-refractivity contribution in [1.29, 1.82) is 0 Å². The smallest absolute Gasteiger partial charge is 0.129 e. The Morgan fingerprint density at radius 3 is 2.65 bits per heavy atom. The highest BCUT2D eigenvalue weighted by Crippen LogP contribution is 2.11. The molecule has 0 aliphatic heterocycles. The molecule has 17 heavy (non-hydrogen) atoms. The summed E-state index contributed by atoms with van der Waals surface area (Å²) < 4.78 is 0. The Bertz CT molecular complexity index is 456. The van der Waals surface area contributed by atoms with E-state index in [0.29, 0.717) is 5.15 Å². The Morgan fingerprint density at radius 1 is 1.24 bits per heavy atom. The predicted octanol–water partition coefficient (Wildman–Crippen LogP) is 3.21. The highest BCUT2D eigenvalue weighted by molar-refractivity contribution is 7.11. The van der Waals surface area contributed by atoms with Crippen molar-refractivity contribution >= 4 is 35.3 Å². The maximum Gasteiger partial charge on any atom is 0.129 e. The van der Waals surface area contributed by atoms with Crippen LogP contribution >= 0.6 is 35.3 Å². The zero-order valence-electron chi connectivity index (χ0n) is 9.31. The number of halogens is 2. The highest BCUT2D eigenvalue weighted by Gasteiger charge is 1.98. The van der Waals surface area contributed by atoms with Crippen LogP contribution in [-0.4, -0.2) is 9.97 Å². The van der Waals surface area contributed by atoms with Gasteiger partial charge in [-0.15, -0.1) is 23.7 Å². The fourth-order valence-corrected chi connectivity index (χ4v) is 2.20. The number of thiazole rings is 1. The fraction of sp³-hybridized carbons (Fsp3) is 0.273. The molecule has 0 saturated carbocycles. The Hall–Kier alpha value is -0.680. The minimum Gasteiger partial charge on any atom is -0.308 e. The monoisotopic (exact) mass is 289 g/mol. The fourth-order valence-electron chi connectivity index (χ4n) is 1.33. The van der Waals surface area contributed by atoms with Crippen LogP contribution in [0.25, 0.3) is 0 Å². The molecule has 2 rings (SSSR count). The van der Waals surface area contributed by atoms with Crippen molar-refractivity contribution in [2.45, 2.75) is 20.0 Å². The van der Waals surface area contributed by atoms with Crippen LogP contribution < -0.4 is 5.32 Å². The minimum absolute atomic E-state index is 0. The van der Waals surface area contributed by atoms with E-state index in [1.54, 1.807) is 23.6 Å². The second-order valence-corrected chi connectivity index (χ2v) is 5.14. The first kappa shape index (κ1) is 14.4. The van der Waals surface area contributed by atoms with Crippen LogP contribution in [0.15, 0.2) is 24.5 Å². The number of hydrogen-bond acceptors (Lipinski definition) is 4. The van der Waals surface area contributed by atoms with Gasteiger partial charge < -0.3 is 5.32 Å². The molecule has 92 valence electrons. The van der Waals surface area contributed by atoms with Crippen molar-refractivity contribution in [2.24, 2.45) is 0 Å². The van der Waals surface area contributed by atoms with Crippen molar-refractivity contribution in [1.82, 2.24) is 15.3 Å². The summed E-state index contributed by atoms with van der Waals surface area (Å²) in [5, 5.41) is 4.97. The first-order chi connectivity index (χ1) is 7.74. The summed E-state index contributed by atoms with van der Waals surface area (Å²) in [4.78, 5) is 9.48. The van der Waals surface area contributed by atoms with E-state index >= 15 is 0 Å². The van der Waals surface area contributed by atoms with E-state index in [9.17, 15) is 0 Å². The summed E-state index contributed by atoms with van der Waals surface area (Å²) in [6.45, 7) is 3.65. The van der Waals surface area contributed by atoms with E-state index in [-0.39, 0.29) is 12.4 Å². The topological polar surface area (TPSA) is 37.8 Å². The normalized spacial score (nSPS) is 10.0. The molecule has 0 spiro atoms. The van der Waals surface area contributed by atoms with Crippen molar-refractivity contribution in [3.8, 4) is 0 Å². The zero-order chi connectivity index (χ0) is 11.4. The molecular formula is C11H13Cl2N3S. The number of nitrogens with one attached hydrogen (secondary N) is 1. The molecule has 1 N–H and O–H groups in total. The molecule has 0 aliphatic rings. The van der Waals surface area contributed by atoms with Gasteiger partial charge in [-0.1, -0.05) is 17.7 Å². The lowest BCUT2D eigenvalue weighted by molar-refractivity contribution is 0.698. The second-order valence-electron chi connectivity index (χ2n) is 3.44. The SMILES string of the molecule is Cc1ncc(CNCc2ccc(Cl)nc2)s1.Cl. The third-order valence-electron chi connectivity index (χ3n) is 2.09. The number of aromatic nitrogens is 2. The molecule has 3 nitrogen and oxygen atoms in total. The van der Waals surface area contributed by atoms with E-state index < -0.39 is 0 Å². The molecule has 2 aromatic heterocycles. The number of aryl methyl sites for hydroxylation is 1. The molecule has 0 fully saturated rings. The van der Waals surface area contributed by atoms with E-state index in [1.807, 2.05) is 19.2 Å². The van der Waals surface area contributed by atoms with Crippen LogP contribution in [0.5, 0.6) is 0 Å². The maximum absolute atomic E-state index is 5.71. The molecule has 0 saturated heterocycles. The van der Waals surface area contributed by atoms with Gasteiger partial charge in [0.15, 0.2) is 0 Å². The third kappa shape index (κ3) is 4.60. The highest BCUT2D eigenvalue weighted by atomic mass is 35.5. The van der Waals surface area contributed by atoms with Crippen LogP contribution in [0, 0.1) is 6.92 Å². The average Bonchev–Trinajstić information content (AvgIpc) is 2.67. The Morgan fingerprint density at radius 2 is 2.06 bits per heavy atom. The predicted molar refractivity (Wildman–Crippen MR) is 73.9 cm³/mol. The number of nitrogens with zero attached hydrogens (tertiary/aromatic N) is 2. The molecule has 0 amide bonds. The largest absolute Gasteiger partial charge is 0.308 e. The summed E-state index contributed by atoms with van der Waals surface area (Å²) in [6, 6.07) is 3.77. The van der Waals surface area contributed by atoms with Gasteiger partial charge in [-0.05, 0) is 18.6 Å². The second kappa shape index (κ2) is 6.91. The summed E-state index contributed by atoms with van der Waals surface area (Å²) in [5.74, 6) is 0. The molecular weight excluding hydrogens is 277 g/mol. The lowest BCUT2D eigenvalue weighted by Crippen LogP contribution is -2.11. The quantitative estimate of drug-likeness (QED) is 0.879. The average molecular weight is 290 g/mol. The zero-order valence-corrected chi connectivity index (χ0v) is 11.7. The standard InChI is InChI=1S/C11H12ClN3S.ClH/c1-8-14-7-10(16-8)6-13-4-9-2-3-11(12)15-5-9;/h2-3,5,7,13H,4,6H2,1H3;1H. The lowest BCUT2D eigenvalue weighted by atomic mass is 10.3. The van der Waals surface area contributed by atoms with Crippen molar-refractivity contribution in [2.75, 3.05) is 0 Å². The number of hydrogen-bond donors (Lipinski definition) is 1. The van der Waals surface area contributed by atoms with Gasteiger partial charge in [0.05, 0.1) is 5.01 Å². The van der Waals surface area contributed by atoms with E-state index in [0.717, 1.165) is 23.7 Å². The van der Waals surface area contributed by atoms with Gasteiger partial charge in [0.2, 0.25) is 0 Å². The molecule has 0 atom stereocenters. The lowest BCUT2D eigenvalue weighted by Gasteiger charge is -2.02. The molecule has 0 radical (unpaired) electrons. The van der Waals surface area contributed by atoms with Gasteiger partial charge in [-0.25, -0.2) is 9.97 Å². The van der Waals surface area contributed by atoms with Gasteiger partial charge in [0, 0.05) is 30.4 Å². The van der Waals surface area contributed by atoms with Gasteiger partial charge >= 0.3 is 0 Å². The van der Waals surface area contributed by atoms with Crippen LogP contribution in [-0.2, 0) is 13.1 Å². The Balaban J connectivity index is 0.00000144. The minimum atomic E-state index is 0. The molecule has 6 heteroatoms. The van der Waals surface area contributed by atoms with Crippen LogP contribution in [0.3, 0.4) is 0 Å². The van der Waals surface area contributed by atoms with Crippen molar-refractivity contribution in [3.63, 3.8) is 0 Å². The molecule has 0 unspecified atom stereocenters. The molecule has 0 aromatic carbocycles. The van der Waals surface area contributed by atoms with Crippen LogP contribution in [0.2, 0.25) is 5.15 Å². The maximum atomic E-state index is 5.71. The van der Waals surface area contributed by atoms with E-state index in [4.69, 9.17) is 11.6 Å². The first-order valence-electron chi connectivity index (χ1n) is 4.96. The number of pyridine rings is 1. The van der Waals surface area contributed by atoms with Crippen molar-refractivity contribution < 1.29 is 0 Å². The summed E-state index contributed by atoms with van der Waals surface area (Å²) in [5.41, 5.74) is 1.13. The first-order valence-corrected chi connectivity index (χ1v) is 6.16. The summed E-state index contributed by atoms with van der Waals surface area (Å²) >= 11 is 7.42. The van der Waals surface area contributed by atoms with Crippen LogP contribution in [0.4, 0.5) is 0 Å². The Labute approximate surface area is 116 Å².